The number of unbranched alkanes of at least 4 members (excludes halogenated alkanes) is 2. The van der Waals surface area contributed by atoms with E-state index in [-0.39, 0.29) is 6.04 Å². The van der Waals surface area contributed by atoms with E-state index in [1.165, 1.54) is 0 Å². The van der Waals surface area contributed by atoms with E-state index in [1.807, 2.05) is 11.5 Å². The summed E-state index contributed by atoms with van der Waals surface area (Å²) < 4.78 is 8.75. The molecule has 1 heterocycles. The van der Waals surface area contributed by atoms with E-state index in [4.69, 9.17) is 10.5 Å². The summed E-state index contributed by atoms with van der Waals surface area (Å²) in [5.74, 6) is 1.21. The zero-order chi connectivity index (χ0) is 18.9. The molecular formula is C18H34BrN3O2Si. The molecule has 7 heteroatoms. The van der Waals surface area contributed by atoms with Crippen LogP contribution in [0, 0.1) is 0 Å². The largest absolute Gasteiger partial charge is 0.361 e. The van der Waals surface area contributed by atoms with Gasteiger partial charge in [0.1, 0.15) is 22.9 Å². The van der Waals surface area contributed by atoms with Crippen molar-refractivity contribution >= 4 is 29.8 Å². The summed E-state index contributed by atoms with van der Waals surface area (Å²) in [6.45, 7) is 10.2. The molecule has 25 heavy (non-hydrogen) atoms. The molecule has 1 atom stereocenters. The number of imidazole rings is 1. The Labute approximate surface area is 161 Å². The molecule has 0 aliphatic heterocycles. The van der Waals surface area contributed by atoms with Crippen LogP contribution in [0.25, 0.3) is 0 Å². The number of hydrogen-bond donors (Lipinski definition) is 1. The molecule has 0 aromatic carbocycles. The average molecular weight is 432 g/mol. The van der Waals surface area contributed by atoms with Crippen molar-refractivity contribution in [3.05, 3.63) is 16.6 Å². The molecule has 0 saturated carbocycles. The van der Waals surface area contributed by atoms with Crippen LogP contribution in [-0.4, -0.2) is 30.0 Å². The molecule has 0 aliphatic rings. The highest BCUT2D eigenvalue weighted by Crippen LogP contribution is 2.21. The summed E-state index contributed by atoms with van der Waals surface area (Å²) in [4.78, 5) is 15.8. The Morgan fingerprint density at radius 2 is 2.08 bits per heavy atom. The lowest BCUT2D eigenvalue weighted by molar-refractivity contribution is -0.118. The zero-order valence-corrected chi connectivity index (χ0v) is 18.8. The first-order chi connectivity index (χ1) is 11.7. The molecule has 1 rings (SSSR count). The second kappa shape index (κ2) is 11.3. The number of nitrogens with two attached hydrogens (primary N) is 1. The number of nitrogens with zero attached hydrogens (tertiary/aromatic N) is 2. The number of aromatic nitrogens is 2. The molecule has 1 unspecified atom stereocenters. The molecule has 1 aromatic heterocycles. The van der Waals surface area contributed by atoms with E-state index in [0.717, 1.165) is 48.8 Å². The van der Waals surface area contributed by atoms with Crippen LogP contribution < -0.4 is 5.73 Å². The van der Waals surface area contributed by atoms with Gasteiger partial charge in [-0.1, -0.05) is 39.4 Å². The fourth-order valence-corrected chi connectivity index (χ4v) is 3.64. The SMILES string of the molecule is CCC(=O)CCCCCC(N)c1ncc(Br)n1COCC[Si](C)(C)C. The van der Waals surface area contributed by atoms with Gasteiger partial charge in [-0.25, -0.2) is 4.98 Å². The molecule has 144 valence electrons. The van der Waals surface area contributed by atoms with Crippen LogP contribution in [0.3, 0.4) is 0 Å². The molecule has 0 spiro atoms. The van der Waals surface area contributed by atoms with E-state index < -0.39 is 8.07 Å². The standard InChI is InChI=1S/C18H34BrN3O2Si/c1-5-15(23)9-7-6-8-10-16(20)18-21-13-17(19)22(18)14-24-11-12-25(2,3)4/h13,16H,5-12,14,20H2,1-4H3. The van der Waals surface area contributed by atoms with Crippen molar-refractivity contribution in [1.29, 1.82) is 0 Å². The third-order valence-electron chi connectivity index (χ3n) is 4.25. The Hall–Kier alpha value is -0.503. The van der Waals surface area contributed by atoms with Gasteiger partial charge < -0.3 is 10.5 Å². The quantitative estimate of drug-likeness (QED) is 0.356. The number of ketones is 1. The summed E-state index contributed by atoms with van der Waals surface area (Å²) in [5.41, 5.74) is 6.33. The second-order valence-electron chi connectivity index (χ2n) is 7.81. The van der Waals surface area contributed by atoms with Crippen molar-refractivity contribution in [3.8, 4) is 0 Å². The molecule has 0 amide bonds. The van der Waals surface area contributed by atoms with Crippen LogP contribution in [0.15, 0.2) is 10.8 Å². The highest BCUT2D eigenvalue weighted by atomic mass is 79.9. The normalized spacial score (nSPS) is 13.2. The van der Waals surface area contributed by atoms with Crippen LogP contribution in [-0.2, 0) is 16.3 Å². The summed E-state index contributed by atoms with van der Waals surface area (Å²) in [6, 6.07) is 1.05. The van der Waals surface area contributed by atoms with Crippen molar-refractivity contribution < 1.29 is 9.53 Å². The molecule has 0 bridgehead atoms. The third kappa shape index (κ3) is 9.12. The minimum atomic E-state index is -1.08. The third-order valence-corrected chi connectivity index (χ3v) is 6.59. The lowest BCUT2D eigenvalue weighted by Crippen LogP contribution is -2.23. The molecule has 0 fully saturated rings. The topological polar surface area (TPSA) is 70.1 Å². The fraction of sp³-hybridized carbons (Fsp3) is 0.778. The van der Waals surface area contributed by atoms with Crippen LogP contribution in [0.2, 0.25) is 25.7 Å². The zero-order valence-electron chi connectivity index (χ0n) is 16.2. The van der Waals surface area contributed by atoms with Crippen LogP contribution >= 0.6 is 15.9 Å². The number of hydrogen-bond acceptors (Lipinski definition) is 4. The number of ether oxygens (including phenoxy) is 1. The molecule has 2 N–H and O–H groups in total. The second-order valence-corrected chi connectivity index (χ2v) is 14.2. The fourth-order valence-electron chi connectivity index (χ4n) is 2.50. The average Bonchev–Trinajstić information content (AvgIpc) is 2.91. The highest BCUT2D eigenvalue weighted by molar-refractivity contribution is 9.10. The van der Waals surface area contributed by atoms with Gasteiger partial charge in [0.05, 0.1) is 12.2 Å². The van der Waals surface area contributed by atoms with E-state index >= 15 is 0 Å². The van der Waals surface area contributed by atoms with Gasteiger partial charge in [0.25, 0.3) is 0 Å². The minimum Gasteiger partial charge on any atom is -0.361 e. The Bertz CT molecular complexity index is 529. The van der Waals surface area contributed by atoms with E-state index in [9.17, 15) is 4.79 Å². The number of carbonyl (C=O) groups is 1. The van der Waals surface area contributed by atoms with Gasteiger partial charge >= 0.3 is 0 Å². The molecule has 0 saturated heterocycles. The first kappa shape index (κ1) is 22.5. The molecule has 0 radical (unpaired) electrons. The van der Waals surface area contributed by atoms with E-state index in [1.54, 1.807) is 6.20 Å². The number of Topliss-reactive ketones (excluding diaryl/α,β-unsaturated/α-hetero) is 1. The first-order valence-corrected chi connectivity index (χ1v) is 13.8. The lowest BCUT2D eigenvalue weighted by atomic mass is 10.1. The van der Waals surface area contributed by atoms with Crippen molar-refractivity contribution in [3.63, 3.8) is 0 Å². The first-order valence-electron chi connectivity index (χ1n) is 9.30. The maximum Gasteiger partial charge on any atom is 0.132 e. The molecule has 0 aliphatic carbocycles. The number of carbonyl (C=O) groups excluding carboxylic acids is 1. The van der Waals surface area contributed by atoms with Crippen molar-refractivity contribution in [2.45, 2.75) is 83.9 Å². The van der Waals surface area contributed by atoms with Gasteiger partial charge in [0, 0.05) is 27.5 Å². The van der Waals surface area contributed by atoms with Gasteiger partial charge in [0.15, 0.2) is 0 Å². The number of halogens is 1. The van der Waals surface area contributed by atoms with Gasteiger partial charge in [-0.2, -0.15) is 0 Å². The van der Waals surface area contributed by atoms with Gasteiger partial charge in [-0.15, -0.1) is 0 Å². The van der Waals surface area contributed by atoms with Gasteiger partial charge in [0.2, 0.25) is 0 Å². The Kier molecular flexibility index (Phi) is 10.2. The predicted molar refractivity (Wildman–Crippen MR) is 109 cm³/mol. The van der Waals surface area contributed by atoms with E-state index in [2.05, 4.69) is 40.6 Å². The summed E-state index contributed by atoms with van der Waals surface area (Å²) in [5, 5.41) is 0. The maximum absolute atomic E-state index is 11.3. The summed E-state index contributed by atoms with van der Waals surface area (Å²) >= 11 is 3.53. The molecule has 5 nitrogen and oxygen atoms in total. The van der Waals surface area contributed by atoms with Crippen molar-refractivity contribution in [1.82, 2.24) is 9.55 Å². The van der Waals surface area contributed by atoms with Crippen LogP contribution in [0.1, 0.15) is 57.3 Å². The smallest absolute Gasteiger partial charge is 0.132 e. The van der Waals surface area contributed by atoms with Gasteiger partial charge in [-0.3, -0.25) is 9.36 Å². The Morgan fingerprint density at radius 3 is 2.72 bits per heavy atom. The Morgan fingerprint density at radius 1 is 1.36 bits per heavy atom. The highest BCUT2D eigenvalue weighted by Gasteiger charge is 2.16. The van der Waals surface area contributed by atoms with Crippen LogP contribution in [0.4, 0.5) is 0 Å². The van der Waals surface area contributed by atoms with Gasteiger partial charge in [-0.05, 0) is 34.8 Å². The monoisotopic (exact) mass is 431 g/mol. The van der Waals surface area contributed by atoms with E-state index in [0.29, 0.717) is 25.4 Å². The summed E-state index contributed by atoms with van der Waals surface area (Å²) in [7, 11) is -1.08. The Balaban J connectivity index is 2.40. The molecular weight excluding hydrogens is 398 g/mol. The van der Waals surface area contributed by atoms with Crippen LogP contribution in [0.5, 0.6) is 0 Å². The summed E-state index contributed by atoms with van der Waals surface area (Å²) in [6.07, 6.45) is 7.00. The predicted octanol–water partition coefficient (Wildman–Crippen LogP) is 4.89. The lowest BCUT2D eigenvalue weighted by Gasteiger charge is -2.18. The number of rotatable bonds is 13. The minimum absolute atomic E-state index is 0.103. The molecule has 1 aromatic rings. The maximum atomic E-state index is 11.3. The van der Waals surface area contributed by atoms with Crippen molar-refractivity contribution in [2.75, 3.05) is 6.61 Å². The van der Waals surface area contributed by atoms with Crippen molar-refractivity contribution in [2.24, 2.45) is 5.73 Å².